The van der Waals surface area contributed by atoms with Gasteiger partial charge in [-0.15, -0.1) is 0 Å². The fourth-order valence-electron chi connectivity index (χ4n) is 1.84. The van der Waals surface area contributed by atoms with Gasteiger partial charge < -0.3 is 4.74 Å². The molecular formula is C12H11BrF3N3O3S. The summed E-state index contributed by atoms with van der Waals surface area (Å²) in [7, 11) is -1.82. The van der Waals surface area contributed by atoms with Crippen LogP contribution in [0.2, 0.25) is 0 Å². The van der Waals surface area contributed by atoms with Gasteiger partial charge in [-0.1, -0.05) is 15.9 Å². The van der Waals surface area contributed by atoms with Crippen LogP contribution in [0.3, 0.4) is 0 Å². The Balaban J connectivity index is 2.42. The molecule has 23 heavy (non-hydrogen) atoms. The Morgan fingerprint density at radius 3 is 2.48 bits per heavy atom. The standard InChI is InChI=1S/C12H11BrF3N3O3S/c1-19-10(12(14,15)16)6-11(17-19)18-23(20,21)9-5-7(13)3-4-8(9)22-2/h3-6H,1-2H3,(H,17,18). The van der Waals surface area contributed by atoms with E-state index in [2.05, 4.69) is 21.0 Å². The molecule has 0 atom stereocenters. The fraction of sp³-hybridized carbons (Fsp3) is 0.250. The summed E-state index contributed by atoms with van der Waals surface area (Å²) in [4.78, 5) is -0.228. The summed E-state index contributed by atoms with van der Waals surface area (Å²) in [5.41, 5.74) is -1.07. The highest BCUT2D eigenvalue weighted by molar-refractivity contribution is 9.10. The fourth-order valence-corrected chi connectivity index (χ4v) is 3.53. The lowest BCUT2D eigenvalue weighted by Crippen LogP contribution is -2.14. The van der Waals surface area contributed by atoms with Gasteiger partial charge >= 0.3 is 6.18 Å². The van der Waals surface area contributed by atoms with Crippen LogP contribution in [0.25, 0.3) is 0 Å². The van der Waals surface area contributed by atoms with Gasteiger partial charge in [0.15, 0.2) is 5.82 Å². The van der Waals surface area contributed by atoms with E-state index in [1.54, 1.807) is 6.07 Å². The first-order chi connectivity index (χ1) is 10.5. The van der Waals surface area contributed by atoms with E-state index in [1.165, 1.54) is 19.2 Å². The lowest BCUT2D eigenvalue weighted by Gasteiger charge is -2.10. The Hall–Kier alpha value is -1.75. The molecule has 2 rings (SSSR count). The zero-order valence-corrected chi connectivity index (χ0v) is 14.3. The molecule has 6 nitrogen and oxygen atoms in total. The molecule has 1 heterocycles. The summed E-state index contributed by atoms with van der Waals surface area (Å²) in [6.07, 6.45) is -4.64. The molecule has 0 bridgehead atoms. The largest absolute Gasteiger partial charge is 0.495 e. The van der Waals surface area contributed by atoms with Crippen LogP contribution >= 0.6 is 15.9 Å². The van der Waals surface area contributed by atoms with Crippen LogP contribution in [0.5, 0.6) is 5.75 Å². The van der Waals surface area contributed by atoms with E-state index in [-0.39, 0.29) is 10.6 Å². The molecule has 1 aromatic heterocycles. The maximum atomic E-state index is 12.7. The maximum Gasteiger partial charge on any atom is 0.433 e. The van der Waals surface area contributed by atoms with Crippen molar-refractivity contribution < 1.29 is 26.3 Å². The van der Waals surface area contributed by atoms with Crippen LogP contribution in [0.4, 0.5) is 19.0 Å². The van der Waals surface area contributed by atoms with E-state index in [0.717, 1.165) is 7.05 Å². The second kappa shape index (κ2) is 6.04. The average molecular weight is 414 g/mol. The van der Waals surface area contributed by atoms with Gasteiger partial charge in [-0.3, -0.25) is 9.40 Å². The van der Waals surface area contributed by atoms with Gasteiger partial charge in [-0.25, -0.2) is 8.42 Å². The second-order valence-electron chi connectivity index (χ2n) is 4.44. The van der Waals surface area contributed by atoms with E-state index < -0.39 is 27.7 Å². The third-order valence-electron chi connectivity index (χ3n) is 2.82. The topological polar surface area (TPSA) is 73.2 Å². The number of nitrogens with zero attached hydrogens (tertiary/aromatic N) is 2. The van der Waals surface area contributed by atoms with Gasteiger partial charge in [0.1, 0.15) is 16.3 Å². The number of hydrogen-bond donors (Lipinski definition) is 1. The van der Waals surface area contributed by atoms with Gasteiger partial charge in [0.25, 0.3) is 10.0 Å². The zero-order valence-electron chi connectivity index (χ0n) is 11.8. The number of sulfonamides is 1. The van der Waals surface area contributed by atoms with Crippen LogP contribution in [0.15, 0.2) is 33.6 Å². The lowest BCUT2D eigenvalue weighted by molar-refractivity contribution is -0.143. The van der Waals surface area contributed by atoms with Crippen molar-refractivity contribution in [3.05, 3.63) is 34.4 Å². The smallest absolute Gasteiger partial charge is 0.433 e. The van der Waals surface area contributed by atoms with Crippen molar-refractivity contribution in [2.24, 2.45) is 7.05 Å². The molecule has 0 aliphatic carbocycles. The molecule has 0 saturated carbocycles. The average Bonchev–Trinajstić information content (AvgIpc) is 2.78. The zero-order chi connectivity index (χ0) is 17.4. The van der Waals surface area contributed by atoms with Crippen molar-refractivity contribution in [3.8, 4) is 5.75 Å². The molecule has 0 aliphatic heterocycles. The normalized spacial score (nSPS) is 12.3. The molecule has 0 radical (unpaired) electrons. The van der Waals surface area contributed by atoms with Crippen LogP contribution < -0.4 is 9.46 Å². The van der Waals surface area contributed by atoms with E-state index in [0.29, 0.717) is 15.2 Å². The number of methoxy groups -OCH3 is 1. The van der Waals surface area contributed by atoms with Crippen LogP contribution in [0.1, 0.15) is 5.69 Å². The summed E-state index contributed by atoms with van der Waals surface area (Å²) in [6.45, 7) is 0. The minimum Gasteiger partial charge on any atom is -0.495 e. The van der Waals surface area contributed by atoms with Crippen LogP contribution in [-0.4, -0.2) is 25.3 Å². The molecule has 126 valence electrons. The predicted molar refractivity (Wildman–Crippen MR) is 79.7 cm³/mol. The number of hydrogen-bond acceptors (Lipinski definition) is 4. The monoisotopic (exact) mass is 413 g/mol. The number of rotatable bonds is 4. The molecule has 0 fully saturated rings. The number of aryl methyl sites for hydroxylation is 1. The molecule has 0 saturated heterocycles. The van der Waals surface area contributed by atoms with E-state index >= 15 is 0 Å². The molecule has 1 N–H and O–H groups in total. The van der Waals surface area contributed by atoms with Gasteiger partial charge in [0, 0.05) is 17.6 Å². The highest BCUT2D eigenvalue weighted by Gasteiger charge is 2.35. The Labute approximate surface area is 138 Å². The molecule has 11 heteroatoms. The lowest BCUT2D eigenvalue weighted by atomic mass is 10.3. The van der Waals surface area contributed by atoms with Gasteiger partial charge in [0.05, 0.1) is 7.11 Å². The van der Waals surface area contributed by atoms with E-state index in [1.807, 2.05) is 4.72 Å². The van der Waals surface area contributed by atoms with Crippen molar-refractivity contribution in [2.75, 3.05) is 11.8 Å². The van der Waals surface area contributed by atoms with Crippen molar-refractivity contribution in [3.63, 3.8) is 0 Å². The molecule has 1 aromatic carbocycles. The van der Waals surface area contributed by atoms with Crippen molar-refractivity contribution in [1.29, 1.82) is 0 Å². The molecule has 2 aromatic rings. The Kier molecular flexibility index (Phi) is 4.62. The second-order valence-corrected chi connectivity index (χ2v) is 7.00. The molecule has 0 unspecified atom stereocenters. The van der Waals surface area contributed by atoms with Crippen molar-refractivity contribution in [2.45, 2.75) is 11.1 Å². The Bertz CT molecular complexity index is 834. The molecule has 0 spiro atoms. The Morgan fingerprint density at radius 2 is 1.96 bits per heavy atom. The highest BCUT2D eigenvalue weighted by Crippen LogP contribution is 2.32. The number of alkyl halides is 3. The first-order valence-electron chi connectivity index (χ1n) is 6.02. The van der Waals surface area contributed by atoms with Crippen molar-refractivity contribution in [1.82, 2.24) is 9.78 Å². The number of nitrogens with one attached hydrogen (secondary N) is 1. The van der Waals surface area contributed by atoms with E-state index in [9.17, 15) is 21.6 Å². The van der Waals surface area contributed by atoms with Gasteiger partial charge in [-0.05, 0) is 18.2 Å². The van der Waals surface area contributed by atoms with E-state index in [4.69, 9.17) is 4.74 Å². The number of benzene rings is 1. The minimum atomic E-state index is -4.64. The number of ether oxygens (including phenoxy) is 1. The highest BCUT2D eigenvalue weighted by atomic mass is 79.9. The number of anilines is 1. The van der Waals surface area contributed by atoms with Gasteiger partial charge in [0.2, 0.25) is 0 Å². The van der Waals surface area contributed by atoms with Crippen molar-refractivity contribution >= 4 is 31.8 Å². The quantitative estimate of drug-likeness (QED) is 0.835. The summed E-state index contributed by atoms with van der Waals surface area (Å²) < 4.78 is 70.9. The SMILES string of the molecule is COc1ccc(Br)cc1S(=O)(=O)Nc1cc(C(F)(F)F)n(C)n1. The first kappa shape index (κ1) is 17.6. The number of aromatic nitrogens is 2. The minimum absolute atomic E-state index is 0.0488. The third kappa shape index (κ3) is 3.78. The predicted octanol–water partition coefficient (Wildman–Crippen LogP) is 3.01. The summed E-state index contributed by atoms with van der Waals surface area (Å²) in [5.74, 6) is -0.394. The van der Waals surface area contributed by atoms with Crippen LogP contribution in [0, 0.1) is 0 Å². The first-order valence-corrected chi connectivity index (χ1v) is 8.30. The van der Waals surface area contributed by atoms with Gasteiger partial charge in [-0.2, -0.15) is 18.3 Å². The third-order valence-corrected chi connectivity index (χ3v) is 4.69. The summed E-state index contributed by atoms with van der Waals surface area (Å²) in [6, 6.07) is 4.87. The summed E-state index contributed by atoms with van der Waals surface area (Å²) >= 11 is 3.13. The summed E-state index contributed by atoms with van der Waals surface area (Å²) in [5, 5.41) is 3.52. The Morgan fingerprint density at radius 1 is 1.30 bits per heavy atom. The molecule has 0 amide bonds. The van der Waals surface area contributed by atoms with Crippen LogP contribution in [-0.2, 0) is 23.2 Å². The molecular weight excluding hydrogens is 403 g/mol. The number of halogens is 4. The molecule has 0 aliphatic rings. The maximum absolute atomic E-state index is 12.7.